The van der Waals surface area contributed by atoms with E-state index in [1.165, 1.54) is 19.3 Å². The van der Waals surface area contributed by atoms with Crippen LogP contribution in [0.1, 0.15) is 50.7 Å². The average Bonchev–Trinajstić information content (AvgIpc) is 2.22. The summed E-state index contributed by atoms with van der Waals surface area (Å²) in [5, 5.41) is 10.5. The Balaban J connectivity index is 2.20. The molecule has 88 valence electrons. The molecule has 1 aliphatic carbocycles. The van der Waals surface area contributed by atoms with Crippen LogP contribution in [0.25, 0.3) is 0 Å². The fourth-order valence-corrected chi connectivity index (χ4v) is 3.24. The van der Waals surface area contributed by atoms with E-state index in [2.05, 4.69) is 22.9 Å². The third kappa shape index (κ3) is 2.18. The highest BCUT2D eigenvalue weighted by atomic mass is 79.9. The predicted octanol–water partition coefficient (Wildman–Crippen LogP) is 4.45. The van der Waals surface area contributed by atoms with Gasteiger partial charge in [-0.3, -0.25) is 0 Å². The lowest BCUT2D eigenvalue weighted by molar-refractivity contribution is -0.0440. The van der Waals surface area contributed by atoms with Crippen molar-refractivity contribution in [1.82, 2.24) is 0 Å². The monoisotopic (exact) mass is 282 g/mol. The van der Waals surface area contributed by atoms with Gasteiger partial charge in [0.2, 0.25) is 0 Å². The van der Waals surface area contributed by atoms with Crippen LogP contribution in [0.15, 0.2) is 28.7 Å². The molecule has 0 heterocycles. The molecule has 1 atom stereocenters. The first-order valence-corrected chi connectivity index (χ1v) is 6.91. The number of hydrogen-bond donors (Lipinski definition) is 1. The van der Waals surface area contributed by atoms with Crippen LogP contribution in [0.3, 0.4) is 0 Å². The van der Waals surface area contributed by atoms with Gasteiger partial charge in [0, 0.05) is 9.89 Å². The van der Waals surface area contributed by atoms with Gasteiger partial charge in [-0.2, -0.15) is 0 Å². The van der Waals surface area contributed by atoms with Crippen molar-refractivity contribution in [3.8, 4) is 0 Å². The summed E-state index contributed by atoms with van der Waals surface area (Å²) in [6.45, 7) is 2.20. The molecule has 0 saturated heterocycles. The molecule has 1 saturated carbocycles. The number of aliphatic hydroxyl groups is 1. The summed E-state index contributed by atoms with van der Waals surface area (Å²) in [7, 11) is 0. The first-order chi connectivity index (χ1) is 7.68. The van der Waals surface area contributed by atoms with Crippen molar-refractivity contribution in [1.29, 1.82) is 0 Å². The lowest BCUT2D eigenvalue weighted by Crippen LogP contribution is -2.35. The van der Waals surface area contributed by atoms with Crippen molar-refractivity contribution in [2.45, 2.75) is 45.1 Å². The van der Waals surface area contributed by atoms with Crippen LogP contribution >= 0.6 is 15.9 Å². The van der Waals surface area contributed by atoms with E-state index in [1.807, 2.05) is 24.3 Å². The first-order valence-electron chi connectivity index (χ1n) is 6.11. The van der Waals surface area contributed by atoms with Crippen LogP contribution in [0.5, 0.6) is 0 Å². The van der Waals surface area contributed by atoms with Gasteiger partial charge in [0.1, 0.15) is 0 Å². The summed E-state index contributed by atoms with van der Waals surface area (Å²) in [6, 6.07) is 8.08. The van der Waals surface area contributed by atoms with Crippen LogP contribution in [0.4, 0.5) is 0 Å². The zero-order chi connectivity index (χ0) is 11.6. The summed E-state index contributed by atoms with van der Waals surface area (Å²) in [5.41, 5.74) is 1.22. The molecule has 0 bridgehead atoms. The quantitative estimate of drug-likeness (QED) is 0.865. The van der Waals surface area contributed by atoms with Gasteiger partial charge in [-0.1, -0.05) is 47.8 Å². The Morgan fingerprint density at radius 1 is 1.44 bits per heavy atom. The first kappa shape index (κ1) is 12.1. The minimum atomic E-state index is -0.293. The van der Waals surface area contributed by atoms with Crippen molar-refractivity contribution < 1.29 is 5.11 Å². The molecule has 1 nitrogen and oxygen atoms in total. The van der Waals surface area contributed by atoms with E-state index in [9.17, 15) is 5.11 Å². The van der Waals surface area contributed by atoms with Crippen LogP contribution < -0.4 is 0 Å². The van der Waals surface area contributed by atoms with Gasteiger partial charge in [-0.15, -0.1) is 0 Å². The van der Waals surface area contributed by atoms with E-state index in [4.69, 9.17) is 0 Å². The number of aliphatic hydroxyl groups excluding tert-OH is 1. The molecule has 0 radical (unpaired) electrons. The minimum Gasteiger partial charge on any atom is -0.388 e. The van der Waals surface area contributed by atoms with Gasteiger partial charge in [0.15, 0.2) is 0 Å². The summed E-state index contributed by atoms with van der Waals surface area (Å²) in [6.07, 6.45) is 5.62. The summed E-state index contributed by atoms with van der Waals surface area (Å²) < 4.78 is 1.05. The van der Waals surface area contributed by atoms with Crippen molar-refractivity contribution in [2.24, 2.45) is 5.41 Å². The van der Waals surface area contributed by atoms with Gasteiger partial charge in [-0.25, -0.2) is 0 Å². The van der Waals surface area contributed by atoms with Gasteiger partial charge >= 0.3 is 0 Å². The Morgan fingerprint density at radius 2 is 2.19 bits per heavy atom. The molecule has 0 unspecified atom stereocenters. The van der Waals surface area contributed by atoms with Crippen LogP contribution in [-0.4, -0.2) is 5.11 Å². The third-order valence-electron chi connectivity index (χ3n) is 3.84. The van der Waals surface area contributed by atoms with Gasteiger partial charge in [0.05, 0.1) is 6.10 Å². The molecule has 2 heteroatoms. The summed E-state index contributed by atoms with van der Waals surface area (Å²) >= 11 is 3.46. The molecule has 0 aliphatic heterocycles. The number of rotatable bonds is 4. The normalized spacial score (nSPS) is 20.2. The molecule has 0 aromatic heterocycles. The maximum Gasteiger partial charge on any atom is 0.0846 e. The highest BCUT2D eigenvalue weighted by Gasteiger charge is 2.43. The molecular weight excluding hydrogens is 264 g/mol. The van der Waals surface area contributed by atoms with E-state index in [0.29, 0.717) is 0 Å². The molecule has 1 aliphatic rings. The molecule has 16 heavy (non-hydrogen) atoms. The number of hydrogen-bond acceptors (Lipinski definition) is 1. The lowest BCUT2D eigenvalue weighted by atomic mass is 9.61. The van der Waals surface area contributed by atoms with E-state index in [0.717, 1.165) is 22.9 Å². The smallest absolute Gasteiger partial charge is 0.0846 e. The Hall–Kier alpha value is -0.340. The van der Waals surface area contributed by atoms with Crippen molar-refractivity contribution in [2.75, 3.05) is 0 Å². The van der Waals surface area contributed by atoms with E-state index >= 15 is 0 Å². The van der Waals surface area contributed by atoms with E-state index in [-0.39, 0.29) is 11.5 Å². The standard InChI is InChI=1S/C14H19BrO/c1-2-7-14(8-4-9-14)13(16)11-5-3-6-12(15)10-11/h3,5-6,10,13,16H,2,4,7-9H2,1H3/t13-/m1/s1. The maximum atomic E-state index is 10.5. The van der Waals surface area contributed by atoms with E-state index in [1.54, 1.807) is 0 Å². The molecule has 2 rings (SSSR count). The SMILES string of the molecule is CCCC1([C@H](O)c2cccc(Br)c2)CCC1. The second-order valence-electron chi connectivity index (χ2n) is 4.92. The maximum absolute atomic E-state index is 10.5. The molecule has 0 amide bonds. The predicted molar refractivity (Wildman–Crippen MR) is 70.3 cm³/mol. The molecular formula is C14H19BrO. The number of halogens is 1. The fourth-order valence-electron chi connectivity index (χ4n) is 2.82. The minimum absolute atomic E-state index is 0.162. The van der Waals surface area contributed by atoms with Crippen molar-refractivity contribution >= 4 is 15.9 Å². The van der Waals surface area contributed by atoms with Crippen LogP contribution in [0.2, 0.25) is 0 Å². The fraction of sp³-hybridized carbons (Fsp3) is 0.571. The highest BCUT2D eigenvalue weighted by molar-refractivity contribution is 9.10. The van der Waals surface area contributed by atoms with Crippen molar-refractivity contribution in [3.05, 3.63) is 34.3 Å². The second kappa shape index (κ2) is 4.89. The Morgan fingerprint density at radius 3 is 2.69 bits per heavy atom. The van der Waals surface area contributed by atoms with Gasteiger partial charge < -0.3 is 5.11 Å². The van der Waals surface area contributed by atoms with Gasteiger partial charge in [-0.05, 0) is 37.0 Å². The molecule has 1 fully saturated rings. The average molecular weight is 283 g/mol. The van der Waals surface area contributed by atoms with Crippen LogP contribution in [0, 0.1) is 5.41 Å². The van der Waals surface area contributed by atoms with Gasteiger partial charge in [0.25, 0.3) is 0 Å². The number of benzene rings is 1. The largest absolute Gasteiger partial charge is 0.388 e. The Bertz CT molecular complexity index is 358. The summed E-state index contributed by atoms with van der Waals surface area (Å²) in [5.74, 6) is 0. The van der Waals surface area contributed by atoms with Crippen LogP contribution in [-0.2, 0) is 0 Å². The Labute approximate surface area is 106 Å². The van der Waals surface area contributed by atoms with E-state index < -0.39 is 0 Å². The lowest BCUT2D eigenvalue weighted by Gasteiger charge is -2.46. The zero-order valence-electron chi connectivity index (χ0n) is 9.75. The second-order valence-corrected chi connectivity index (χ2v) is 5.84. The molecule has 1 aromatic carbocycles. The third-order valence-corrected chi connectivity index (χ3v) is 4.33. The van der Waals surface area contributed by atoms with Crippen molar-refractivity contribution in [3.63, 3.8) is 0 Å². The zero-order valence-corrected chi connectivity index (χ0v) is 11.3. The highest BCUT2D eigenvalue weighted by Crippen LogP contribution is 2.53. The molecule has 1 N–H and O–H groups in total. The summed E-state index contributed by atoms with van der Waals surface area (Å²) in [4.78, 5) is 0. The Kier molecular flexibility index (Phi) is 3.70. The molecule has 1 aromatic rings. The molecule has 0 spiro atoms. The topological polar surface area (TPSA) is 20.2 Å².